The molecule has 168 valence electrons. The van der Waals surface area contributed by atoms with E-state index in [0.29, 0.717) is 32.5 Å². The van der Waals surface area contributed by atoms with Crippen LogP contribution in [0.2, 0.25) is 0 Å². The van der Waals surface area contributed by atoms with E-state index in [9.17, 15) is 18.0 Å². The van der Waals surface area contributed by atoms with Gasteiger partial charge in [0.05, 0.1) is 40.9 Å². The van der Waals surface area contributed by atoms with Crippen molar-refractivity contribution in [2.45, 2.75) is 11.3 Å². The summed E-state index contributed by atoms with van der Waals surface area (Å²) >= 11 is 1.18. The van der Waals surface area contributed by atoms with Crippen molar-refractivity contribution in [3.05, 3.63) is 36.4 Å². The number of carbonyl (C=O) groups is 2. The second-order valence-corrected chi connectivity index (χ2v) is 10.4. The van der Waals surface area contributed by atoms with Crippen LogP contribution in [0.3, 0.4) is 0 Å². The van der Waals surface area contributed by atoms with Gasteiger partial charge in [0.25, 0.3) is 0 Å². The van der Waals surface area contributed by atoms with E-state index in [1.165, 1.54) is 35.5 Å². The SMILES string of the molecule is COc1ccc(N2CC(C(=O)Nc3nc4ccc(S(C)(=O)=O)cc4s3)CC2=O)c(OC)c1. The van der Waals surface area contributed by atoms with Gasteiger partial charge in [0.1, 0.15) is 11.5 Å². The predicted octanol–water partition coefficient (Wildman–Crippen LogP) is 2.71. The van der Waals surface area contributed by atoms with Crippen LogP contribution in [0.15, 0.2) is 41.3 Å². The summed E-state index contributed by atoms with van der Waals surface area (Å²) in [7, 11) is -0.293. The minimum atomic E-state index is -3.34. The first-order valence-electron chi connectivity index (χ1n) is 9.63. The Hall–Kier alpha value is -3.18. The predicted molar refractivity (Wildman–Crippen MR) is 121 cm³/mol. The van der Waals surface area contributed by atoms with Crippen molar-refractivity contribution < 1.29 is 27.5 Å². The van der Waals surface area contributed by atoms with E-state index in [1.54, 1.807) is 31.4 Å². The molecule has 0 bridgehead atoms. The maximum absolute atomic E-state index is 12.8. The van der Waals surface area contributed by atoms with Gasteiger partial charge in [0.15, 0.2) is 15.0 Å². The average molecular weight is 476 g/mol. The Balaban J connectivity index is 1.51. The lowest BCUT2D eigenvalue weighted by Crippen LogP contribution is -2.28. The molecule has 1 aliphatic heterocycles. The highest BCUT2D eigenvalue weighted by molar-refractivity contribution is 7.90. The van der Waals surface area contributed by atoms with Gasteiger partial charge >= 0.3 is 0 Å². The Labute approximate surface area is 188 Å². The lowest BCUT2D eigenvalue weighted by atomic mass is 10.1. The van der Waals surface area contributed by atoms with Crippen molar-refractivity contribution in [3.8, 4) is 11.5 Å². The molecule has 0 saturated carbocycles. The quantitative estimate of drug-likeness (QED) is 0.583. The molecule has 0 spiro atoms. The molecule has 2 amide bonds. The van der Waals surface area contributed by atoms with Gasteiger partial charge in [-0.2, -0.15) is 0 Å². The van der Waals surface area contributed by atoms with Crippen LogP contribution in [0.1, 0.15) is 6.42 Å². The van der Waals surface area contributed by atoms with Gasteiger partial charge in [-0.25, -0.2) is 13.4 Å². The molecule has 11 heteroatoms. The fourth-order valence-corrected chi connectivity index (χ4v) is 5.15. The number of ether oxygens (including phenoxy) is 2. The van der Waals surface area contributed by atoms with Crippen LogP contribution >= 0.6 is 11.3 Å². The number of rotatable bonds is 6. The standard InChI is InChI=1S/C21H21N3O6S2/c1-29-13-4-7-16(17(9-13)30-2)24-11-12(8-19(24)25)20(26)23-21-22-15-6-5-14(32(3,27)28)10-18(15)31-21/h4-7,9-10,12H,8,11H2,1-3H3,(H,22,23,26). The van der Waals surface area contributed by atoms with Crippen LogP contribution in [-0.4, -0.2) is 52.2 Å². The number of sulfone groups is 1. The third kappa shape index (κ3) is 4.26. The summed E-state index contributed by atoms with van der Waals surface area (Å²) in [5, 5.41) is 3.11. The number of thiazole rings is 1. The van der Waals surface area contributed by atoms with Crippen molar-refractivity contribution in [2.75, 3.05) is 37.2 Å². The topological polar surface area (TPSA) is 115 Å². The van der Waals surface area contributed by atoms with Crippen LogP contribution in [0, 0.1) is 5.92 Å². The van der Waals surface area contributed by atoms with Crippen LogP contribution in [0.4, 0.5) is 10.8 Å². The van der Waals surface area contributed by atoms with Gasteiger partial charge < -0.3 is 19.7 Å². The van der Waals surface area contributed by atoms with Crippen molar-refractivity contribution in [3.63, 3.8) is 0 Å². The fourth-order valence-electron chi connectivity index (χ4n) is 3.52. The highest BCUT2D eigenvalue weighted by atomic mass is 32.2. The minimum Gasteiger partial charge on any atom is -0.497 e. The normalized spacial score (nSPS) is 16.4. The Kier molecular flexibility index (Phi) is 5.78. The molecule has 1 N–H and O–H groups in total. The summed E-state index contributed by atoms with van der Waals surface area (Å²) in [6.45, 7) is 0.205. The first-order chi connectivity index (χ1) is 15.2. The van der Waals surface area contributed by atoms with Gasteiger partial charge in [-0.1, -0.05) is 11.3 Å². The number of hydrogen-bond donors (Lipinski definition) is 1. The van der Waals surface area contributed by atoms with E-state index in [2.05, 4.69) is 10.3 Å². The lowest BCUT2D eigenvalue weighted by molar-refractivity contribution is -0.122. The number of hydrogen-bond acceptors (Lipinski definition) is 8. The number of anilines is 2. The number of carbonyl (C=O) groups excluding carboxylic acids is 2. The monoisotopic (exact) mass is 475 g/mol. The van der Waals surface area contributed by atoms with E-state index in [0.717, 1.165) is 6.26 Å². The number of fused-ring (bicyclic) bond motifs is 1. The zero-order chi connectivity index (χ0) is 23.0. The zero-order valence-corrected chi connectivity index (χ0v) is 19.2. The number of benzene rings is 2. The summed E-state index contributed by atoms with van der Waals surface area (Å²) in [6, 6.07) is 9.76. The van der Waals surface area contributed by atoms with Gasteiger partial charge in [-0.3, -0.25) is 9.59 Å². The number of aromatic nitrogens is 1. The molecule has 1 fully saturated rings. The molecule has 9 nitrogen and oxygen atoms in total. The number of amides is 2. The molecule has 0 radical (unpaired) electrons. The first-order valence-corrected chi connectivity index (χ1v) is 12.3. The van der Waals surface area contributed by atoms with E-state index in [4.69, 9.17) is 9.47 Å². The van der Waals surface area contributed by atoms with E-state index in [1.807, 2.05) is 0 Å². The number of nitrogens with one attached hydrogen (secondary N) is 1. The average Bonchev–Trinajstić information content (AvgIpc) is 3.34. The lowest BCUT2D eigenvalue weighted by Gasteiger charge is -2.20. The van der Waals surface area contributed by atoms with Crippen LogP contribution in [0.25, 0.3) is 10.2 Å². The Bertz CT molecular complexity index is 1320. The molecule has 2 heterocycles. The van der Waals surface area contributed by atoms with Crippen molar-refractivity contribution in [1.29, 1.82) is 0 Å². The summed E-state index contributed by atoms with van der Waals surface area (Å²) in [4.78, 5) is 31.5. The zero-order valence-electron chi connectivity index (χ0n) is 17.6. The number of nitrogens with zero attached hydrogens (tertiary/aromatic N) is 2. The highest BCUT2D eigenvalue weighted by Crippen LogP contribution is 2.36. The molecule has 1 aromatic heterocycles. The molecule has 1 aliphatic rings. The minimum absolute atomic E-state index is 0.0597. The van der Waals surface area contributed by atoms with Gasteiger partial charge in [-0.05, 0) is 30.3 Å². The molecule has 1 unspecified atom stereocenters. The number of methoxy groups -OCH3 is 2. The third-order valence-corrected chi connectivity index (χ3v) is 7.24. The molecular weight excluding hydrogens is 454 g/mol. The maximum atomic E-state index is 12.8. The molecule has 1 saturated heterocycles. The second kappa shape index (κ2) is 8.40. The van der Waals surface area contributed by atoms with Crippen LogP contribution in [-0.2, 0) is 19.4 Å². The first kappa shape index (κ1) is 22.0. The molecular formula is C21H21N3O6S2. The molecule has 3 aromatic rings. The van der Waals surface area contributed by atoms with Crippen LogP contribution in [0.5, 0.6) is 11.5 Å². The van der Waals surface area contributed by atoms with Gasteiger partial charge in [0.2, 0.25) is 11.8 Å². The van der Waals surface area contributed by atoms with Crippen molar-refractivity contribution in [1.82, 2.24) is 4.98 Å². The summed E-state index contributed by atoms with van der Waals surface area (Å²) < 4.78 is 34.7. The summed E-state index contributed by atoms with van der Waals surface area (Å²) in [6.07, 6.45) is 1.20. The Morgan fingerprint density at radius 2 is 1.97 bits per heavy atom. The maximum Gasteiger partial charge on any atom is 0.231 e. The van der Waals surface area contributed by atoms with E-state index in [-0.39, 0.29) is 29.7 Å². The second-order valence-electron chi connectivity index (χ2n) is 7.35. The van der Waals surface area contributed by atoms with Gasteiger partial charge in [-0.15, -0.1) is 0 Å². The molecule has 2 aromatic carbocycles. The molecule has 1 atom stereocenters. The molecule has 0 aliphatic carbocycles. The molecule has 32 heavy (non-hydrogen) atoms. The smallest absolute Gasteiger partial charge is 0.231 e. The largest absolute Gasteiger partial charge is 0.497 e. The molecule has 4 rings (SSSR count). The van der Waals surface area contributed by atoms with Crippen LogP contribution < -0.4 is 19.7 Å². The highest BCUT2D eigenvalue weighted by Gasteiger charge is 2.36. The van der Waals surface area contributed by atoms with E-state index >= 15 is 0 Å². The summed E-state index contributed by atoms with van der Waals surface area (Å²) in [5.41, 5.74) is 1.16. The third-order valence-electron chi connectivity index (χ3n) is 5.19. The fraction of sp³-hybridized carbons (Fsp3) is 0.286. The summed E-state index contributed by atoms with van der Waals surface area (Å²) in [5.74, 6) is 0.00681. The van der Waals surface area contributed by atoms with Gasteiger partial charge in [0, 0.05) is 25.3 Å². The van der Waals surface area contributed by atoms with Crippen molar-refractivity contribution >= 4 is 54.0 Å². The Morgan fingerprint density at radius 3 is 2.66 bits per heavy atom. The Morgan fingerprint density at radius 1 is 1.19 bits per heavy atom. The van der Waals surface area contributed by atoms with Crippen molar-refractivity contribution in [2.24, 2.45) is 5.92 Å². The van der Waals surface area contributed by atoms with E-state index < -0.39 is 15.8 Å².